The molecular formula is C12H15FN2O2S. The van der Waals surface area contributed by atoms with Crippen molar-refractivity contribution in [2.24, 2.45) is 5.73 Å². The fourth-order valence-corrected chi connectivity index (χ4v) is 1.50. The van der Waals surface area contributed by atoms with Gasteiger partial charge < -0.3 is 15.8 Å². The Bertz CT molecular complexity index is 452. The molecule has 0 saturated carbocycles. The van der Waals surface area contributed by atoms with E-state index >= 15 is 0 Å². The number of thiocarbonyl (C=S) groups is 1. The fourth-order valence-electron chi connectivity index (χ4n) is 1.33. The number of hydrogen-bond donors (Lipinski definition) is 2. The summed E-state index contributed by atoms with van der Waals surface area (Å²) >= 11 is 4.69. The zero-order valence-electron chi connectivity index (χ0n) is 10.0. The molecule has 0 heterocycles. The largest absolute Gasteiger partial charge is 0.493 e. The average Bonchev–Trinajstić information content (AvgIpc) is 2.34. The summed E-state index contributed by atoms with van der Waals surface area (Å²) in [4.78, 5) is 11.0. The number of rotatable bonds is 6. The summed E-state index contributed by atoms with van der Waals surface area (Å²) in [5, 5.41) is 2.51. The Kier molecular flexibility index (Phi) is 5.51. The lowest BCUT2D eigenvalue weighted by Gasteiger charge is -2.07. The molecule has 1 rings (SSSR count). The van der Waals surface area contributed by atoms with Gasteiger partial charge in [0.05, 0.1) is 6.61 Å². The molecule has 0 aliphatic heterocycles. The quantitative estimate of drug-likeness (QED) is 0.605. The van der Waals surface area contributed by atoms with Crippen LogP contribution in [0.1, 0.15) is 18.4 Å². The van der Waals surface area contributed by atoms with Gasteiger partial charge in [0.25, 0.3) is 0 Å². The molecule has 18 heavy (non-hydrogen) atoms. The summed E-state index contributed by atoms with van der Waals surface area (Å²) < 4.78 is 18.8. The van der Waals surface area contributed by atoms with Crippen molar-refractivity contribution in [2.75, 3.05) is 13.7 Å². The van der Waals surface area contributed by atoms with Gasteiger partial charge in [0.15, 0.2) is 0 Å². The molecule has 0 aliphatic rings. The zero-order valence-corrected chi connectivity index (χ0v) is 10.8. The molecule has 1 amide bonds. The Hall–Kier alpha value is -1.69. The second kappa shape index (κ2) is 6.90. The van der Waals surface area contributed by atoms with Gasteiger partial charge in [0, 0.05) is 25.1 Å². The van der Waals surface area contributed by atoms with Crippen LogP contribution < -0.4 is 15.8 Å². The zero-order chi connectivity index (χ0) is 13.5. The lowest BCUT2D eigenvalue weighted by atomic mass is 10.2. The van der Waals surface area contributed by atoms with E-state index in [1.54, 1.807) is 13.1 Å². The summed E-state index contributed by atoms with van der Waals surface area (Å²) in [5.74, 6) is -0.163. The van der Waals surface area contributed by atoms with Gasteiger partial charge in [-0.2, -0.15) is 0 Å². The first-order valence-electron chi connectivity index (χ1n) is 5.47. The molecule has 3 N–H and O–H groups in total. The van der Waals surface area contributed by atoms with Crippen LogP contribution in [0.25, 0.3) is 0 Å². The molecular weight excluding hydrogens is 255 g/mol. The Morgan fingerprint density at radius 2 is 2.28 bits per heavy atom. The maximum absolute atomic E-state index is 13.5. The van der Waals surface area contributed by atoms with Gasteiger partial charge in [0.2, 0.25) is 5.91 Å². The second-order valence-electron chi connectivity index (χ2n) is 3.63. The first-order chi connectivity index (χ1) is 8.54. The molecule has 4 nitrogen and oxygen atoms in total. The second-order valence-corrected chi connectivity index (χ2v) is 4.07. The minimum Gasteiger partial charge on any atom is -0.493 e. The topological polar surface area (TPSA) is 64.3 Å². The number of carbonyl (C=O) groups is 1. The van der Waals surface area contributed by atoms with E-state index in [0.717, 1.165) is 0 Å². The van der Waals surface area contributed by atoms with Crippen LogP contribution in [0.3, 0.4) is 0 Å². The Balaban J connectivity index is 2.46. The number of hydrogen-bond acceptors (Lipinski definition) is 3. The van der Waals surface area contributed by atoms with Crippen LogP contribution in [-0.4, -0.2) is 24.6 Å². The Morgan fingerprint density at radius 3 is 2.83 bits per heavy atom. The first-order valence-corrected chi connectivity index (χ1v) is 5.88. The highest BCUT2D eigenvalue weighted by Gasteiger charge is 2.06. The van der Waals surface area contributed by atoms with Gasteiger partial charge >= 0.3 is 0 Å². The Labute approximate surface area is 110 Å². The molecule has 0 aliphatic carbocycles. The van der Waals surface area contributed by atoms with E-state index in [0.29, 0.717) is 25.2 Å². The minimum atomic E-state index is -0.508. The highest BCUT2D eigenvalue weighted by molar-refractivity contribution is 7.80. The van der Waals surface area contributed by atoms with Crippen LogP contribution in [0.2, 0.25) is 0 Å². The van der Waals surface area contributed by atoms with E-state index in [1.807, 2.05) is 0 Å². The molecule has 0 fully saturated rings. The predicted molar refractivity (Wildman–Crippen MR) is 71.1 cm³/mol. The van der Waals surface area contributed by atoms with E-state index in [4.69, 9.17) is 22.7 Å². The van der Waals surface area contributed by atoms with Gasteiger partial charge in [-0.3, -0.25) is 4.79 Å². The van der Waals surface area contributed by atoms with Crippen LogP contribution in [0.5, 0.6) is 5.75 Å². The molecule has 0 atom stereocenters. The number of ether oxygens (including phenoxy) is 1. The minimum absolute atomic E-state index is 0.0127. The highest BCUT2D eigenvalue weighted by Crippen LogP contribution is 2.16. The molecule has 0 unspecified atom stereocenters. The third-order valence-electron chi connectivity index (χ3n) is 2.30. The van der Waals surface area contributed by atoms with Crippen LogP contribution in [-0.2, 0) is 4.79 Å². The number of benzene rings is 1. The van der Waals surface area contributed by atoms with E-state index in [2.05, 4.69) is 5.32 Å². The summed E-state index contributed by atoms with van der Waals surface area (Å²) in [7, 11) is 1.58. The third-order valence-corrected chi connectivity index (χ3v) is 2.52. The van der Waals surface area contributed by atoms with Gasteiger partial charge in [0.1, 0.15) is 16.6 Å². The fraction of sp³-hybridized carbons (Fsp3) is 0.333. The van der Waals surface area contributed by atoms with Gasteiger partial charge in [-0.25, -0.2) is 4.39 Å². The summed E-state index contributed by atoms with van der Waals surface area (Å²) in [5.41, 5.74) is 5.54. The van der Waals surface area contributed by atoms with Crippen molar-refractivity contribution in [2.45, 2.75) is 12.8 Å². The highest BCUT2D eigenvalue weighted by atomic mass is 32.1. The van der Waals surface area contributed by atoms with E-state index in [-0.39, 0.29) is 16.5 Å². The Morgan fingerprint density at radius 1 is 1.56 bits per heavy atom. The molecule has 1 aromatic carbocycles. The molecule has 98 valence electrons. The van der Waals surface area contributed by atoms with Crippen molar-refractivity contribution in [3.8, 4) is 5.75 Å². The molecule has 0 radical (unpaired) electrons. The normalized spacial score (nSPS) is 9.89. The van der Waals surface area contributed by atoms with Crippen LogP contribution in [0, 0.1) is 5.82 Å². The third kappa shape index (κ3) is 4.29. The van der Waals surface area contributed by atoms with Crippen LogP contribution in [0.4, 0.5) is 4.39 Å². The van der Waals surface area contributed by atoms with Crippen molar-refractivity contribution in [1.82, 2.24) is 5.32 Å². The average molecular weight is 270 g/mol. The van der Waals surface area contributed by atoms with Crippen molar-refractivity contribution < 1.29 is 13.9 Å². The number of halogens is 1. The summed E-state index contributed by atoms with van der Waals surface area (Å²) in [6, 6.07) is 4.30. The van der Waals surface area contributed by atoms with E-state index < -0.39 is 5.82 Å². The predicted octanol–water partition coefficient (Wildman–Crippen LogP) is 1.36. The summed E-state index contributed by atoms with van der Waals surface area (Å²) in [6.07, 6.45) is 0.947. The number of nitrogens with two attached hydrogens (primary N) is 1. The van der Waals surface area contributed by atoms with Crippen molar-refractivity contribution in [3.63, 3.8) is 0 Å². The van der Waals surface area contributed by atoms with Crippen molar-refractivity contribution in [3.05, 3.63) is 29.6 Å². The molecule has 0 bridgehead atoms. The number of carbonyl (C=O) groups excluding carboxylic acids is 1. The van der Waals surface area contributed by atoms with Gasteiger partial charge in [-0.05, 0) is 18.6 Å². The lowest BCUT2D eigenvalue weighted by Crippen LogP contribution is -2.18. The van der Waals surface area contributed by atoms with E-state index in [1.165, 1.54) is 12.1 Å². The molecule has 0 saturated heterocycles. The number of nitrogens with one attached hydrogen (secondary N) is 1. The lowest BCUT2D eigenvalue weighted by molar-refractivity contribution is -0.120. The monoisotopic (exact) mass is 270 g/mol. The maximum atomic E-state index is 13.5. The first kappa shape index (κ1) is 14.4. The van der Waals surface area contributed by atoms with Crippen molar-refractivity contribution in [1.29, 1.82) is 0 Å². The number of amides is 1. The maximum Gasteiger partial charge on any atom is 0.219 e. The molecule has 1 aromatic rings. The SMILES string of the molecule is CNC(=O)CCCOc1ccc(C(N)=S)c(F)c1. The molecule has 0 aromatic heterocycles. The molecule has 6 heteroatoms. The summed E-state index contributed by atoms with van der Waals surface area (Å²) in [6.45, 7) is 0.347. The smallest absolute Gasteiger partial charge is 0.219 e. The van der Waals surface area contributed by atoms with Crippen LogP contribution in [0.15, 0.2) is 18.2 Å². The van der Waals surface area contributed by atoms with Crippen molar-refractivity contribution >= 4 is 23.1 Å². The van der Waals surface area contributed by atoms with E-state index in [9.17, 15) is 9.18 Å². The van der Waals surface area contributed by atoms with Gasteiger partial charge in [-0.1, -0.05) is 12.2 Å². The van der Waals surface area contributed by atoms with Crippen LogP contribution >= 0.6 is 12.2 Å². The molecule has 0 spiro atoms. The standard InChI is InChI=1S/C12H15FN2O2S/c1-15-11(16)3-2-6-17-8-4-5-9(12(14)18)10(13)7-8/h4-5,7H,2-3,6H2,1H3,(H2,14,18)(H,15,16). The van der Waals surface area contributed by atoms with Gasteiger partial charge in [-0.15, -0.1) is 0 Å².